The smallest absolute Gasteiger partial charge is 0.328 e. The summed E-state index contributed by atoms with van der Waals surface area (Å²) in [6, 6.07) is -7.89. The average molecular weight is 1190 g/mol. The summed E-state index contributed by atoms with van der Waals surface area (Å²) in [5.74, 6) is -13.9. The number of likely N-dealkylation sites (tertiary alicyclic amines) is 1. The summed E-state index contributed by atoms with van der Waals surface area (Å²) in [6.45, 7) is 8.42. The van der Waals surface area contributed by atoms with E-state index in [1.54, 1.807) is 58.2 Å². The lowest BCUT2D eigenvalue weighted by molar-refractivity contribution is -0.145. The van der Waals surface area contributed by atoms with Crippen LogP contribution in [0.25, 0.3) is 10.9 Å². The number of aliphatic imine (C=N–C) groups is 1. The van der Waals surface area contributed by atoms with Gasteiger partial charge in [0.05, 0.1) is 19.1 Å². The number of nitrogens with zero attached hydrogens (tertiary/aromatic N) is 2. The van der Waals surface area contributed by atoms with Gasteiger partial charge in [-0.15, -0.1) is 0 Å². The number of aliphatic hydroxyl groups excluding tert-OH is 2. The molecule has 1 aromatic heterocycles. The van der Waals surface area contributed by atoms with Crippen molar-refractivity contribution in [3.8, 4) is 0 Å². The SMILES string of the molecule is CC[C@H](C)[C@H](NC(=O)[C@H](CCCN=C(N)N)NC(=O)[C@H](CCC(=O)O)NC(=O)[C@H](C)NC(=O)[C@H](CC(N)=O)NC(=O)[C@H](Cc1c[nH]c2ccccc12)NC(=O)[C@@H]1CCCN1C(=O)[C@@H](NC(=O)[C@@H](N)CO)[C@@H](C)CC)C(=O)N[C@H](C(=O)O)[C@@H](C)O. The van der Waals surface area contributed by atoms with Gasteiger partial charge in [-0.3, -0.25) is 57.7 Å². The Labute approximate surface area is 484 Å². The maximum absolute atomic E-state index is 14.5. The summed E-state index contributed by atoms with van der Waals surface area (Å²) in [5, 5.41) is 58.9. The molecule has 0 bridgehead atoms. The second-order valence-electron chi connectivity index (χ2n) is 20.9. The van der Waals surface area contributed by atoms with E-state index in [0.717, 1.165) is 13.8 Å². The standard InChI is InChI=1S/C53H83N15O16/c1-7-25(3)40(50(81)67-42(28(6)70)52(83)84)65-46(77)33(15-11-19-58-53(56)57)62-45(76)34(17-18-39(72)73)61-43(74)27(5)60-47(78)36(22-38(55)71)63-48(79)35(21-29-23-59-32-14-10-9-13-30(29)32)64-49(80)37-16-12-20-68(37)51(82)41(26(4)8-2)66-44(75)31(54)24-69/h9-10,13-14,23,25-28,31,33-37,40-42,59,69-70H,7-8,11-12,15-22,24,54H2,1-6H3,(H2,55,71)(H,60,78)(H,61,74)(H,62,76)(H,63,79)(H,64,80)(H,65,77)(H,66,75)(H,67,81)(H,72,73)(H,83,84)(H4,56,57,58)/t25-,26-,27-,28+,31-,33-,34-,35-,36-,37-,40-,41-,42-/m0/s1. The highest BCUT2D eigenvalue weighted by Crippen LogP contribution is 2.24. The highest BCUT2D eigenvalue weighted by Gasteiger charge is 2.42. The van der Waals surface area contributed by atoms with Gasteiger partial charge in [-0.2, -0.15) is 0 Å². The first-order valence-electron chi connectivity index (χ1n) is 27.7. The zero-order valence-electron chi connectivity index (χ0n) is 48.0. The highest BCUT2D eigenvalue weighted by molar-refractivity contribution is 6.00. The number of aromatic nitrogens is 1. The molecule has 0 radical (unpaired) electrons. The quantitative estimate of drug-likeness (QED) is 0.0175. The Morgan fingerprint density at radius 2 is 1.25 bits per heavy atom. The van der Waals surface area contributed by atoms with E-state index in [4.69, 9.17) is 22.9 Å². The van der Waals surface area contributed by atoms with Gasteiger partial charge in [0.2, 0.25) is 59.1 Å². The van der Waals surface area contributed by atoms with Crippen molar-refractivity contribution in [2.24, 2.45) is 39.8 Å². The third-order valence-electron chi connectivity index (χ3n) is 14.4. The van der Waals surface area contributed by atoms with Crippen molar-refractivity contribution >= 4 is 87.9 Å². The van der Waals surface area contributed by atoms with E-state index in [9.17, 15) is 78.0 Å². The Bertz CT molecular complexity index is 2700. The molecule has 1 fully saturated rings. The lowest BCUT2D eigenvalue weighted by Gasteiger charge is -2.32. The number of hydrogen-bond donors (Lipinski definition) is 17. The third kappa shape index (κ3) is 21.1. The lowest BCUT2D eigenvalue weighted by atomic mass is 9.96. The number of H-pyrrole nitrogens is 1. The number of rotatable bonds is 35. The van der Waals surface area contributed by atoms with Gasteiger partial charge in [0.25, 0.3) is 0 Å². The zero-order chi connectivity index (χ0) is 63.1. The number of carbonyl (C=O) groups excluding carboxylic acids is 10. The van der Waals surface area contributed by atoms with Crippen molar-refractivity contribution in [1.82, 2.24) is 52.4 Å². The number of aromatic amines is 1. The number of amides is 10. The minimum Gasteiger partial charge on any atom is -0.481 e. The second-order valence-corrected chi connectivity index (χ2v) is 20.9. The van der Waals surface area contributed by atoms with E-state index < -0.39 is 175 Å². The van der Waals surface area contributed by atoms with Crippen molar-refractivity contribution in [1.29, 1.82) is 0 Å². The number of fused-ring (bicyclic) bond motifs is 1. The minimum atomic E-state index is -1.81. The molecule has 13 atom stereocenters. The number of nitrogens with one attached hydrogen (secondary N) is 9. The maximum atomic E-state index is 14.5. The molecule has 0 saturated carbocycles. The predicted octanol–water partition coefficient (Wildman–Crippen LogP) is -4.73. The van der Waals surface area contributed by atoms with E-state index in [2.05, 4.69) is 52.5 Å². The summed E-state index contributed by atoms with van der Waals surface area (Å²) in [4.78, 5) is 169. The molecular weight excluding hydrogens is 1100 g/mol. The van der Waals surface area contributed by atoms with Crippen LogP contribution in [0.5, 0.6) is 0 Å². The van der Waals surface area contributed by atoms with Crippen LogP contribution >= 0.6 is 0 Å². The topological polar surface area (TPSA) is 517 Å². The fourth-order valence-corrected chi connectivity index (χ4v) is 9.03. The first-order valence-corrected chi connectivity index (χ1v) is 27.7. The number of benzene rings is 1. The number of carboxylic acids is 2. The van der Waals surface area contributed by atoms with E-state index in [1.807, 2.05) is 0 Å². The van der Waals surface area contributed by atoms with Gasteiger partial charge in [-0.25, -0.2) is 4.79 Å². The fraction of sp³-hybridized carbons (Fsp3) is 0.604. The number of aliphatic hydroxyl groups is 2. The second kappa shape index (κ2) is 33.6. The van der Waals surface area contributed by atoms with Crippen LogP contribution in [0.15, 0.2) is 35.5 Å². The Balaban J connectivity index is 1.91. The first kappa shape index (κ1) is 69.8. The Kier molecular flexibility index (Phi) is 27.9. The molecular formula is C53H83N15O16. The fourth-order valence-electron chi connectivity index (χ4n) is 9.03. The van der Waals surface area contributed by atoms with Crippen molar-refractivity contribution in [3.63, 3.8) is 0 Å². The monoisotopic (exact) mass is 1190 g/mol. The summed E-state index contributed by atoms with van der Waals surface area (Å²) in [6.07, 6.45) is -1.20. The summed E-state index contributed by atoms with van der Waals surface area (Å²) in [5.41, 5.74) is 23.4. The molecule has 1 aliphatic heterocycles. The molecule has 1 aliphatic rings. The van der Waals surface area contributed by atoms with E-state index >= 15 is 0 Å². The number of aliphatic carboxylic acids is 2. The van der Waals surface area contributed by atoms with Crippen molar-refractivity contribution in [2.75, 3.05) is 19.7 Å². The average Bonchev–Trinajstić information content (AvgIpc) is 3.53. The minimum absolute atomic E-state index is 0.0402. The van der Waals surface area contributed by atoms with Gasteiger partial charge < -0.3 is 95.8 Å². The molecule has 2 heterocycles. The van der Waals surface area contributed by atoms with Crippen LogP contribution in [0.2, 0.25) is 0 Å². The van der Waals surface area contributed by atoms with Crippen LogP contribution in [-0.2, 0) is 64.0 Å². The first-order chi connectivity index (χ1) is 39.5. The molecule has 31 nitrogen and oxygen atoms in total. The van der Waals surface area contributed by atoms with Crippen LogP contribution in [0, 0.1) is 11.8 Å². The Morgan fingerprint density at radius 3 is 1.85 bits per heavy atom. The lowest BCUT2D eigenvalue weighted by Crippen LogP contribution is -2.61. The van der Waals surface area contributed by atoms with Crippen molar-refractivity contribution in [3.05, 3.63) is 36.0 Å². The number of guanidine groups is 1. The molecule has 31 heteroatoms. The van der Waals surface area contributed by atoms with Gasteiger partial charge in [-0.05, 0) is 69.4 Å². The summed E-state index contributed by atoms with van der Waals surface area (Å²) >= 11 is 0. The summed E-state index contributed by atoms with van der Waals surface area (Å²) in [7, 11) is 0. The molecule has 466 valence electrons. The number of hydrogen-bond acceptors (Lipinski definition) is 16. The van der Waals surface area contributed by atoms with Crippen molar-refractivity contribution < 1.29 is 78.0 Å². The highest BCUT2D eigenvalue weighted by atomic mass is 16.4. The van der Waals surface area contributed by atoms with Gasteiger partial charge >= 0.3 is 11.9 Å². The molecule has 1 saturated heterocycles. The molecule has 21 N–H and O–H groups in total. The number of carbonyl (C=O) groups is 12. The molecule has 3 rings (SSSR count). The van der Waals surface area contributed by atoms with Crippen LogP contribution in [0.1, 0.15) is 105 Å². The number of nitrogens with two attached hydrogens (primary N) is 4. The van der Waals surface area contributed by atoms with Gasteiger partial charge in [0.15, 0.2) is 12.0 Å². The Hall–Kier alpha value is -8.45. The van der Waals surface area contributed by atoms with Crippen LogP contribution in [0.4, 0.5) is 0 Å². The number of primary amides is 1. The van der Waals surface area contributed by atoms with Gasteiger partial charge in [0.1, 0.15) is 54.4 Å². The van der Waals surface area contributed by atoms with E-state index in [-0.39, 0.29) is 51.2 Å². The van der Waals surface area contributed by atoms with Crippen LogP contribution in [-0.4, -0.2) is 193 Å². The normalized spacial score (nSPS) is 17.3. The van der Waals surface area contributed by atoms with Gasteiger partial charge in [0, 0.05) is 43.0 Å². The van der Waals surface area contributed by atoms with E-state index in [1.165, 1.54) is 4.90 Å². The number of para-hydroxylation sites is 1. The molecule has 0 aliphatic carbocycles. The molecule has 1 aromatic carbocycles. The molecule has 84 heavy (non-hydrogen) atoms. The maximum Gasteiger partial charge on any atom is 0.328 e. The third-order valence-corrected chi connectivity index (χ3v) is 14.4. The van der Waals surface area contributed by atoms with E-state index in [0.29, 0.717) is 29.3 Å². The zero-order valence-corrected chi connectivity index (χ0v) is 48.0. The van der Waals surface area contributed by atoms with Crippen LogP contribution < -0.4 is 65.5 Å². The summed E-state index contributed by atoms with van der Waals surface area (Å²) < 4.78 is 0. The Morgan fingerprint density at radius 1 is 0.690 bits per heavy atom. The number of carboxylic acid groups (broad SMARTS) is 2. The largest absolute Gasteiger partial charge is 0.481 e. The van der Waals surface area contributed by atoms with Crippen molar-refractivity contribution in [2.45, 2.75) is 172 Å². The van der Waals surface area contributed by atoms with Crippen LogP contribution in [0.3, 0.4) is 0 Å². The van der Waals surface area contributed by atoms with Gasteiger partial charge in [-0.1, -0.05) is 58.7 Å². The molecule has 2 aromatic rings. The molecule has 0 spiro atoms. The molecule has 0 unspecified atom stereocenters. The molecule has 10 amide bonds. The predicted molar refractivity (Wildman–Crippen MR) is 302 cm³/mol.